The minimum atomic E-state index is -0.294. The zero-order valence-electron chi connectivity index (χ0n) is 11.2. The van der Waals surface area contributed by atoms with E-state index in [-0.39, 0.29) is 11.9 Å². The molecular weight excluding hydrogens is 212 g/mol. The monoisotopic (exact) mass is 238 g/mol. The Balaban J connectivity index is 1.89. The molecule has 17 heavy (non-hydrogen) atoms. The minimum Gasteiger partial charge on any atom is -0.341 e. The van der Waals surface area contributed by atoms with Gasteiger partial charge in [0.1, 0.15) is 0 Å². The van der Waals surface area contributed by atoms with Gasteiger partial charge in [0.05, 0.1) is 6.04 Å². The third-order valence-corrected chi connectivity index (χ3v) is 4.20. The fraction of sp³-hybridized carbons (Fsp3) is 0.929. The molecular formula is C14H26N2O. The summed E-state index contributed by atoms with van der Waals surface area (Å²) in [6.45, 7) is 6.10. The van der Waals surface area contributed by atoms with Crippen molar-refractivity contribution in [3.63, 3.8) is 0 Å². The summed E-state index contributed by atoms with van der Waals surface area (Å²) in [6, 6.07) is -0.294. The van der Waals surface area contributed by atoms with Crippen molar-refractivity contribution in [1.29, 1.82) is 0 Å². The molecule has 0 heterocycles. The predicted molar refractivity (Wildman–Crippen MR) is 69.5 cm³/mol. The van der Waals surface area contributed by atoms with Crippen LogP contribution in [0.2, 0.25) is 0 Å². The van der Waals surface area contributed by atoms with Crippen LogP contribution in [0.1, 0.15) is 46.0 Å². The number of nitrogens with zero attached hydrogens (tertiary/aromatic N) is 1. The summed E-state index contributed by atoms with van der Waals surface area (Å²) < 4.78 is 0. The van der Waals surface area contributed by atoms with E-state index in [4.69, 9.17) is 5.73 Å². The van der Waals surface area contributed by atoms with Crippen molar-refractivity contribution in [2.75, 3.05) is 13.1 Å². The second-order valence-corrected chi connectivity index (χ2v) is 6.04. The zero-order chi connectivity index (χ0) is 12.4. The molecule has 1 amide bonds. The molecule has 0 aromatic heterocycles. The summed E-state index contributed by atoms with van der Waals surface area (Å²) >= 11 is 0. The van der Waals surface area contributed by atoms with Gasteiger partial charge < -0.3 is 10.6 Å². The lowest BCUT2D eigenvalue weighted by Crippen LogP contribution is -2.48. The maximum Gasteiger partial charge on any atom is 0.239 e. The lowest BCUT2D eigenvalue weighted by molar-refractivity contribution is -0.134. The second kappa shape index (κ2) is 5.38. The zero-order valence-corrected chi connectivity index (χ0v) is 11.2. The highest BCUT2D eigenvalue weighted by atomic mass is 16.2. The van der Waals surface area contributed by atoms with Crippen LogP contribution in [-0.2, 0) is 4.79 Å². The minimum absolute atomic E-state index is 0.193. The van der Waals surface area contributed by atoms with Crippen LogP contribution in [0, 0.1) is 17.8 Å². The van der Waals surface area contributed by atoms with Gasteiger partial charge in [0.15, 0.2) is 0 Å². The maximum atomic E-state index is 12.4. The van der Waals surface area contributed by atoms with Gasteiger partial charge in [-0.2, -0.15) is 0 Å². The Hall–Kier alpha value is -0.570. The summed E-state index contributed by atoms with van der Waals surface area (Å²) in [5.41, 5.74) is 6.07. The Morgan fingerprint density at radius 1 is 1.24 bits per heavy atom. The molecule has 0 bridgehead atoms. The quantitative estimate of drug-likeness (QED) is 0.737. The van der Waals surface area contributed by atoms with E-state index < -0.39 is 0 Å². The standard InChI is InChI=1S/C14H26N2O/c1-3-10(2)13(15)14(17)16(8-11-4-5-11)9-12-6-7-12/h10-13H,3-9,15H2,1-2H3. The van der Waals surface area contributed by atoms with E-state index in [1.165, 1.54) is 25.7 Å². The molecule has 2 N–H and O–H groups in total. The van der Waals surface area contributed by atoms with Gasteiger partial charge in [-0.3, -0.25) is 4.79 Å². The van der Waals surface area contributed by atoms with E-state index in [1.54, 1.807) is 0 Å². The molecule has 3 nitrogen and oxygen atoms in total. The molecule has 2 saturated carbocycles. The molecule has 2 atom stereocenters. The first-order valence-electron chi connectivity index (χ1n) is 7.16. The van der Waals surface area contributed by atoms with Crippen molar-refractivity contribution in [2.24, 2.45) is 23.5 Å². The van der Waals surface area contributed by atoms with Gasteiger partial charge in [-0.05, 0) is 43.4 Å². The highest BCUT2D eigenvalue weighted by Crippen LogP contribution is 2.34. The summed E-state index contributed by atoms with van der Waals surface area (Å²) in [5, 5.41) is 0. The SMILES string of the molecule is CCC(C)C(N)C(=O)N(CC1CC1)CC1CC1. The van der Waals surface area contributed by atoms with Crippen LogP contribution >= 0.6 is 0 Å². The number of carbonyl (C=O) groups excluding carboxylic acids is 1. The number of amides is 1. The third kappa shape index (κ3) is 3.70. The van der Waals surface area contributed by atoms with Crippen LogP contribution in [0.4, 0.5) is 0 Å². The molecule has 0 aromatic rings. The average Bonchev–Trinajstić information content (AvgIpc) is 3.19. The third-order valence-electron chi connectivity index (χ3n) is 4.20. The number of hydrogen-bond donors (Lipinski definition) is 1. The Labute approximate surface area is 105 Å². The summed E-state index contributed by atoms with van der Waals surface area (Å²) in [6.07, 6.45) is 6.17. The lowest BCUT2D eigenvalue weighted by Gasteiger charge is -2.28. The van der Waals surface area contributed by atoms with E-state index in [1.807, 2.05) is 0 Å². The first-order valence-corrected chi connectivity index (χ1v) is 7.16. The summed E-state index contributed by atoms with van der Waals surface area (Å²) in [5.74, 6) is 2.02. The van der Waals surface area contributed by atoms with Gasteiger partial charge in [-0.25, -0.2) is 0 Å². The van der Waals surface area contributed by atoms with Crippen molar-refractivity contribution >= 4 is 5.91 Å². The topological polar surface area (TPSA) is 46.3 Å². The Kier molecular flexibility index (Phi) is 4.08. The average molecular weight is 238 g/mol. The van der Waals surface area contributed by atoms with Crippen molar-refractivity contribution < 1.29 is 4.79 Å². The Morgan fingerprint density at radius 2 is 1.71 bits per heavy atom. The number of rotatable bonds is 7. The van der Waals surface area contributed by atoms with Crippen molar-refractivity contribution in [2.45, 2.75) is 52.0 Å². The molecule has 2 unspecified atom stereocenters. The van der Waals surface area contributed by atoms with E-state index in [9.17, 15) is 4.79 Å². The number of carbonyl (C=O) groups is 1. The van der Waals surface area contributed by atoms with E-state index >= 15 is 0 Å². The molecule has 2 fully saturated rings. The molecule has 2 aliphatic carbocycles. The molecule has 0 aliphatic heterocycles. The molecule has 2 rings (SSSR count). The number of hydrogen-bond acceptors (Lipinski definition) is 2. The van der Waals surface area contributed by atoms with Crippen molar-refractivity contribution in [3.05, 3.63) is 0 Å². The molecule has 98 valence electrons. The molecule has 0 saturated heterocycles. The van der Waals surface area contributed by atoms with Crippen LogP contribution in [0.15, 0.2) is 0 Å². The number of nitrogens with two attached hydrogens (primary N) is 1. The predicted octanol–water partition coefficient (Wildman–Crippen LogP) is 2.01. The van der Waals surface area contributed by atoms with Crippen LogP contribution in [-0.4, -0.2) is 29.9 Å². The van der Waals surface area contributed by atoms with E-state index in [0.29, 0.717) is 5.92 Å². The lowest BCUT2D eigenvalue weighted by atomic mass is 9.98. The van der Waals surface area contributed by atoms with Gasteiger partial charge >= 0.3 is 0 Å². The highest BCUT2D eigenvalue weighted by molar-refractivity contribution is 5.82. The van der Waals surface area contributed by atoms with Crippen LogP contribution < -0.4 is 5.73 Å². The van der Waals surface area contributed by atoms with Gasteiger partial charge in [0.25, 0.3) is 0 Å². The first kappa shape index (κ1) is 12.9. The van der Waals surface area contributed by atoms with Crippen LogP contribution in [0.5, 0.6) is 0 Å². The fourth-order valence-electron chi connectivity index (χ4n) is 2.19. The van der Waals surface area contributed by atoms with Crippen molar-refractivity contribution in [3.8, 4) is 0 Å². The second-order valence-electron chi connectivity index (χ2n) is 6.04. The summed E-state index contributed by atoms with van der Waals surface area (Å²) in [7, 11) is 0. The maximum absolute atomic E-state index is 12.4. The smallest absolute Gasteiger partial charge is 0.239 e. The van der Waals surface area contributed by atoms with Crippen molar-refractivity contribution in [1.82, 2.24) is 4.90 Å². The molecule has 3 heteroatoms. The van der Waals surface area contributed by atoms with E-state index in [2.05, 4.69) is 18.7 Å². The largest absolute Gasteiger partial charge is 0.341 e. The Morgan fingerprint density at radius 3 is 2.06 bits per heavy atom. The molecule has 0 spiro atoms. The van der Waals surface area contributed by atoms with Gasteiger partial charge in [0, 0.05) is 13.1 Å². The fourth-order valence-corrected chi connectivity index (χ4v) is 2.19. The highest BCUT2D eigenvalue weighted by Gasteiger charge is 2.34. The summed E-state index contributed by atoms with van der Waals surface area (Å²) in [4.78, 5) is 14.4. The van der Waals surface area contributed by atoms with Crippen LogP contribution in [0.3, 0.4) is 0 Å². The molecule has 0 radical (unpaired) electrons. The van der Waals surface area contributed by atoms with Gasteiger partial charge in [0.2, 0.25) is 5.91 Å². The van der Waals surface area contributed by atoms with E-state index in [0.717, 1.165) is 31.3 Å². The molecule has 0 aromatic carbocycles. The first-order chi connectivity index (χ1) is 8.11. The van der Waals surface area contributed by atoms with Gasteiger partial charge in [-0.1, -0.05) is 20.3 Å². The van der Waals surface area contributed by atoms with Crippen LogP contribution in [0.25, 0.3) is 0 Å². The Bertz CT molecular complexity index is 257. The normalized spacial score (nSPS) is 23.2. The van der Waals surface area contributed by atoms with Gasteiger partial charge in [-0.15, -0.1) is 0 Å². The molecule has 2 aliphatic rings.